The summed E-state index contributed by atoms with van der Waals surface area (Å²) in [5.74, 6) is 1.01. The van der Waals surface area contributed by atoms with E-state index in [0.29, 0.717) is 31.4 Å². The van der Waals surface area contributed by atoms with E-state index >= 15 is 0 Å². The van der Waals surface area contributed by atoms with Crippen molar-refractivity contribution in [1.29, 1.82) is 0 Å². The predicted octanol–water partition coefficient (Wildman–Crippen LogP) is 5.29. The molecule has 0 aliphatic carbocycles. The van der Waals surface area contributed by atoms with Gasteiger partial charge in [0.05, 0.1) is 36.1 Å². The number of thiazole rings is 1. The normalized spacial score (nSPS) is 15.5. The number of aromatic nitrogens is 1. The summed E-state index contributed by atoms with van der Waals surface area (Å²) in [6.45, 7) is 11.5. The lowest BCUT2D eigenvalue weighted by Gasteiger charge is -2.26. The van der Waals surface area contributed by atoms with E-state index in [1.165, 1.54) is 23.0 Å². The molecule has 0 saturated heterocycles. The van der Waals surface area contributed by atoms with Crippen LogP contribution >= 0.6 is 22.9 Å². The van der Waals surface area contributed by atoms with Gasteiger partial charge in [-0.25, -0.2) is 9.79 Å². The van der Waals surface area contributed by atoms with E-state index in [1.807, 2.05) is 19.1 Å². The van der Waals surface area contributed by atoms with Crippen molar-refractivity contribution in [3.8, 4) is 11.5 Å². The second-order valence-electron chi connectivity index (χ2n) is 10.0. The SMILES string of the molecule is COc1cc(C)c(/C=c2\sc3n(c2=O)[C@@H](c2cc(Cl)ccc2OC)C(C(=O)OC(C)C)=C(C)N=3)cc1C(C)C. The van der Waals surface area contributed by atoms with Crippen LogP contribution in [0.1, 0.15) is 68.8 Å². The first-order chi connectivity index (χ1) is 18.5. The molecular formula is C30H33ClN2O5S. The third kappa shape index (κ3) is 5.54. The van der Waals surface area contributed by atoms with Crippen LogP contribution in [0.25, 0.3) is 6.08 Å². The molecule has 0 saturated carbocycles. The fourth-order valence-corrected chi connectivity index (χ4v) is 5.93. The maximum absolute atomic E-state index is 14.0. The molecule has 4 rings (SSSR count). The molecule has 0 unspecified atom stereocenters. The first kappa shape index (κ1) is 28.6. The van der Waals surface area contributed by atoms with Crippen LogP contribution in [0.15, 0.2) is 51.4 Å². The summed E-state index contributed by atoms with van der Waals surface area (Å²) in [6.07, 6.45) is 1.53. The minimum absolute atomic E-state index is 0.237. The zero-order chi connectivity index (χ0) is 28.6. The number of allylic oxidation sites excluding steroid dienone is 1. The number of fused-ring (bicyclic) bond motifs is 1. The lowest BCUT2D eigenvalue weighted by molar-refractivity contribution is -0.143. The summed E-state index contributed by atoms with van der Waals surface area (Å²) in [7, 11) is 3.20. The van der Waals surface area contributed by atoms with Crippen LogP contribution in [0.5, 0.6) is 11.5 Å². The Hall–Kier alpha value is -3.36. The summed E-state index contributed by atoms with van der Waals surface area (Å²) in [5, 5.41) is 0.453. The highest BCUT2D eigenvalue weighted by Gasteiger charge is 2.35. The van der Waals surface area contributed by atoms with Crippen LogP contribution in [0.4, 0.5) is 0 Å². The van der Waals surface area contributed by atoms with Gasteiger partial charge in [-0.1, -0.05) is 36.8 Å². The van der Waals surface area contributed by atoms with Gasteiger partial charge in [0.2, 0.25) is 0 Å². The van der Waals surface area contributed by atoms with Gasteiger partial charge in [-0.05, 0) is 86.7 Å². The fraction of sp³-hybridized carbons (Fsp3) is 0.367. The Labute approximate surface area is 237 Å². The van der Waals surface area contributed by atoms with Crippen molar-refractivity contribution < 1.29 is 19.0 Å². The van der Waals surface area contributed by atoms with Crippen molar-refractivity contribution in [2.45, 2.75) is 59.6 Å². The average Bonchev–Trinajstić information content (AvgIpc) is 3.17. The van der Waals surface area contributed by atoms with E-state index in [1.54, 1.807) is 46.1 Å². The summed E-state index contributed by atoms with van der Waals surface area (Å²) < 4.78 is 18.8. The molecule has 3 aromatic rings. The molecule has 0 bridgehead atoms. The van der Waals surface area contributed by atoms with E-state index in [-0.39, 0.29) is 23.2 Å². The summed E-state index contributed by atoms with van der Waals surface area (Å²) >= 11 is 7.66. The molecule has 1 aliphatic rings. The molecule has 206 valence electrons. The molecule has 1 atom stereocenters. The molecule has 1 aliphatic heterocycles. The molecule has 0 amide bonds. The smallest absolute Gasteiger partial charge is 0.338 e. The average molecular weight is 569 g/mol. The van der Waals surface area contributed by atoms with Crippen molar-refractivity contribution in [2.75, 3.05) is 14.2 Å². The van der Waals surface area contributed by atoms with Crippen LogP contribution in [0.2, 0.25) is 5.02 Å². The van der Waals surface area contributed by atoms with Crippen LogP contribution in [0, 0.1) is 6.92 Å². The number of methoxy groups -OCH3 is 2. The second-order valence-corrected chi connectivity index (χ2v) is 11.5. The first-order valence-electron chi connectivity index (χ1n) is 12.7. The Bertz CT molecular complexity index is 1650. The van der Waals surface area contributed by atoms with Crippen molar-refractivity contribution in [3.05, 3.63) is 88.6 Å². The third-order valence-corrected chi connectivity index (χ3v) is 7.82. The van der Waals surface area contributed by atoms with E-state index in [4.69, 9.17) is 25.8 Å². The number of carbonyl (C=O) groups is 1. The standard InChI is InChI=1S/C30H33ClN2O5S/c1-15(2)21-12-19(17(5)11-24(21)37-8)13-25-28(34)33-27(22-14-20(31)9-10-23(22)36-7)26(29(35)38-16(3)4)18(6)32-30(33)39-25/h9-16,27H,1-8H3/b25-13-/t27-/m0/s1. The van der Waals surface area contributed by atoms with Crippen LogP contribution in [-0.4, -0.2) is 30.9 Å². The molecule has 0 N–H and O–H groups in total. The Balaban J connectivity index is 2.01. The van der Waals surface area contributed by atoms with E-state index in [2.05, 4.69) is 24.9 Å². The van der Waals surface area contributed by atoms with Crippen molar-refractivity contribution >= 4 is 35.0 Å². The van der Waals surface area contributed by atoms with Crippen molar-refractivity contribution in [1.82, 2.24) is 4.57 Å². The molecule has 39 heavy (non-hydrogen) atoms. The van der Waals surface area contributed by atoms with Crippen LogP contribution < -0.4 is 24.4 Å². The Kier molecular flexibility index (Phi) is 8.37. The second kappa shape index (κ2) is 11.4. The summed E-state index contributed by atoms with van der Waals surface area (Å²) in [4.78, 5) is 32.6. The maximum atomic E-state index is 14.0. The summed E-state index contributed by atoms with van der Waals surface area (Å²) in [6, 6.07) is 8.36. The zero-order valence-electron chi connectivity index (χ0n) is 23.4. The Morgan fingerprint density at radius 3 is 2.38 bits per heavy atom. The Morgan fingerprint density at radius 2 is 1.77 bits per heavy atom. The fourth-order valence-electron chi connectivity index (χ4n) is 4.71. The molecule has 2 heterocycles. The van der Waals surface area contributed by atoms with Crippen molar-refractivity contribution in [3.63, 3.8) is 0 Å². The molecule has 9 heteroatoms. The number of benzene rings is 2. The highest BCUT2D eigenvalue weighted by atomic mass is 35.5. The largest absolute Gasteiger partial charge is 0.496 e. The van der Waals surface area contributed by atoms with Gasteiger partial charge in [-0.3, -0.25) is 9.36 Å². The van der Waals surface area contributed by atoms with Gasteiger partial charge >= 0.3 is 5.97 Å². The maximum Gasteiger partial charge on any atom is 0.338 e. The summed E-state index contributed by atoms with van der Waals surface area (Å²) in [5.41, 5.74) is 4.00. The van der Waals surface area contributed by atoms with Gasteiger partial charge in [0.25, 0.3) is 5.56 Å². The molecule has 0 fully saturated rings. The number of carbonyl (C=O) groups excluding carboxylic acids is 1. The highest BCUT2D eigenvalue weighted by molar-refractivity contribution is 7.07. The lowest BCUT2D eigenvalue weighted by atomic mass is 9.95. The number of aryl methyl sites for hydroxylation is 1. The number of nitrogens with zero attached hydrogens (tertiary/aromatic N) is 2. The molecule has 0 spiro atoms. The Morgan fingerprint density at radius 1 is 1.08 bits per heavy atom. The number of hydrogen-bond acceptors (Lipinski definition) is 7. The molecule has 7 nitrogen and oxygen atoms in total. The monoisotopic (exact) mass is 568 g/mol. The highest BCUT2D eigenvalue weighted by Crippen LogP contribution is 2.37. The van der Waals surface area contributed by atoms with Gasteiger partial charge in [-0.15, -0.1) is 0 Å². The van der Waals surface area contributed by atoms with E-state index in [0.717, 1.165) is 22.4 Å². The quantitative estimate of drug-likeness (QED) is 0.362. The van der Waals surface area contributed by atoms with Gasteiger partial charge < -0.3 is 14.2 Å². The van der Waals surface area contributed by atoms with Gasteiger partial charge in [0.1, 0.15) is 17.5 Å². The number of rotatable bonds is 7. The van der Waals surface area contributed by atoms with Crippen LogP contribution in [-0.2, 0) is 9.53 Å². The lowest BCUT2D eigenvalue weighted by Crippen LogP contribution is -2.40. The van der Waals surface area contributed by atoms with Crippen molar-refractivity contribution in [2.24, 2.45) is 4.99 Å². The predicted molar refractivity (Wildman–Crippen MR) is 155 cm³/mol. The minimum Gasteiger partial charge on any atom is -0.496 e. The number of halogens is 1. The molecular weight excluding hydrogens is 536 g/mol. The first-order valence-corrected chi connectivity index (χ1v) is 13.9. The third-order valence-electron chi connectivity index (χ3n) is 6.60. The number of esters is 1. The number of ether oxygens (including phenoxy) is 3. The molecule has 0 radical (unpaired) electrons. The minimum atomic E-state index is -0.827. The van der Waals surface area contributed by atoms with Gasteiger partial charge in [-0.2, -0.15) is 0 Å². The van der Waals surface area contributed by atoms with E-state index < -0.39 is 12.0 Å². The van der Waals surface area contributed by atoms with Crippen LogP contribution in [0.3, 0.4) is 0 Å². The van der Waals surface area contributed by atoms with Gasteiger partial charge in [0, 0.05) is 10.6 Å². The van der Waals surface area contributed by atoms with Gasteiger partial charge in [0.15, 0.2) is 4.80 Å². The molecule has 1 aromatic heterocycles. The topological polar surface area (TPSA) is 79.1 Å². The number of hydrogen-bond donors (Lipinski definition) is 0. The molecule has 2 aromatic carbocycles. The van der Waals surface area contributed by atoms with E-state index in [9.17, 15) is 9.59 Å². The zero-order valence-corrected chi connectivity index (χ0v) is 25.0.